The Morgan fingerprint density at radius 2 is 1.68 bits per heavy atom. The van der Waals surface area contributed by atoms with Crippen molar-refractivity contribution >= 4 is 21.6 Å². The van der Waals surface area contributed by atoms with Crippen LogP contribution in [0, 0.1) is 0 Å². The predicted octanol–water partition coefficient (Wildman–Crippen LogP) is 1.17. The lowest BCUT2D eigenvalue weighted by Crippen LogP contribution is -3.14. The Bertz CT molecular complexity index is 875. The maximum atomic E-state index is 12.9. The summed E-state index contributed by atoms with van der Waals surface area (Å²) in [6.45, 7) is 5.23. The van der Waals surface area contributed by atoms with Gasteiger partial charge in [-0.3, -0.25) is 4.79 Å². The molecule has 150 valence electrons. The van der Waals surface area contributed by atoms with Gasteiger partial charge in [0.1, 0.15) is 0 Å². The van der Waals surface area contributed by atoms with E-state index < -0.39 is 10.0 Å². The zero-order valence-electron chi connectivity index (χ0n) is 16.2. The van der Waals surface area contributed by atoms with Gasteiger partial charge in [0.2, 0.25) is 15.9 Å². The molecule has 0 aromatic heterocycles. The molecule has 28 heavy (non-hydrogen) atoms. The summed E-state index contributed by atoms with van der Waals surface area (Å²) >= 11 is 0. The van der Waals surface area contributed by atoms with Crippen molar-refractivity contribution in [1.82, 2.24) is 4.31 Å². The minimum Gasteiger partial charge on any atom is -0.333 e. The summed E-state index contributed by atoms with van der Waals surface area (Å²) in [7, 11) is -3.49. The van der Waals surface area contributed by atoms with Gasteiger partial charge in [-0.15, -0.1) is 0 Å². The van der Waals surface area contributed by atoms with Gasteiger partial charge in [0.25, 0.3) is 0 Å². The van der Waals surface area contributed by atoms with Crippen molar-refractivity contribution in [2.75, 3.05) is 38.0 Å². The lowest BCUT2D eigenvalue weighted by molar-refractivity contribution is -0.903. The van der Waals surface area contributed by atoms with Crippen LogP contribution in [0.4, 0.5) is 5.69 Å². The first kappa shape index (κ1) is 20.5. The highest BCUT2D eigenvalue weighted by Crippen LogP contribution is 2.18. The molecule has 2 aromatic carbocycles. The molecule has 2 N–H and O–H groups in total. The molecule has 1 aliphatic heterocycles. The normalized spacial score (nSPS) is 16.0. The zero-order valence-corrected chi connectivity index (χ0v) is 17.0. The van der Waals surface area contributed by atoms with Crippen molar-refractivity contribution in [3.8, 4) is 0 Å². The predicted molar refractivity (Wildman–Crippen MR) is 110 cm³/mol. The summed E-state index contributed by atoms with van der Waals surface area (Å²) in [6, 6.07) is 16.8. The van der Waals surface area contributed by atoms with E-state index in [0.717, 1.165) is 32.5 Å². The number of anilines is 1. The fourth-order valence-electron chi connectivity index (χ4n) is 3.54. The van der Waals surface area contributed by atoms with Gasteiger partial charge in [0.05, 0.1) is 37.6 Å². The SMILES string of the molecule is CC(=O)Nc1ccc(S(=O)(=O)N2CC[NH+](CCCc3ccccc3)CC2)cc1. The zero-order chi connectivity index (χ0) is 20.0. The van der Waals surface area contributed by atoms with E-state index in [1.54, 1.807) is 28.6 Å². The third kappa shape index (κ3) is 5.41. The minimum atomic E-state index is -3.49. The lowest BCUT2D eigenvalue weighted by Gasteiger charge is -2.31. The molecule has 0 bridgehead atoms. The molecule has 0 spiro atoms. The smallest absolute Gasteiger partial charge is 0.243 e. The van der Waals surface area contributed by atoms with Gasteiger partial charge in [-0.05, 0) is 36.2 Å². The summed E-state index contributed by atoms with van der Waals surface area (Å²) in [5.74, 6) is -0.179. The van der Waals surface area contributed by atoms with Crippen LogP contribution in [-0.4, -0.2) is 51.4 Å². The van der Waals surface area contributed by atoms with Gasteiger partial charge >= 0.3 is 0 Å². The lowest BCUT2D eigenvalue weighted by atomic mass is 10.1. The molecular weight excluding hydrogens is 374 g/mol. The Labute approximate surface area is 167 Å². The molecule has 6 nitrogen and oxygen atoms in total. The van der Waals surface area contributed by atoms with Crippen molar-refractivity contribution in [3.05, 3.63) is 60.2 Å². The second-order valence-electron chi connectivity index (χ2n) is 7.20. The number of hydrogen-bond acceptors (Lipinski definition) is 3. The largest absolute Gasteiger partial charge is 0.333 e. The van der Waals surface area contributed by atoms with E-state index in [4.69, 9.17) is 0 Å². The average molecular weight is 403 g/mol. The van der Waals surface area contributed by atoms with E-state index in [1.165, 1.54) is 17.4 Å². The number of nitrogens with zero attached hydrogens (tertiary/aromatic N) is 1. The van der Waals surface area contributed by atoms with Crippen molar-refractivity contribution in [1.29, 1.82) is 0 Å². The molecular formula is C21H28N3O3S+. The molecule has 0 saturated carbocycles. The summed E-state index contributed by atoms with van der Waals surface area (Å²) in [5.41, 5.74) is 1.95. The molecule has 2 aromatic rings. The molecule has 1 fully saturated rings. The van der Waals surface area contributed by atoms with E-state index >= 15 is 0 Å². The van der Waals surface area contributed by atoms with Gasteiger partial charge in [-0.1, -0.05) is 30.3 Å². The highest BCUT2D eigenvalue weighted by atomic mass is 32.2. The minimum absolute atomic E-state index is 0.179. The Morgan fingerprint density at radius 3 is 2.29 bits per heavy atom. The Kier molecular flexibility index (Phi) is 6.83. The van der Waals surface area contributed by atoms with E-state index in [1.807, 2.05) is 6.07 Å². The number of piperazine rings is 1. The van der Waals surface area contributed by atoms with Gasteiger partial charge in [-0.25, -0.2) is 8.42 Å². The van der Waals surface area contributed by atoms with E-state index in [2.05, 4.69) is 29.6 Å². The number of rotatable bonds is 7. The Morgan fingerprint density at radius 1 is 1.04 bits per heavy atom. The van der Waals surface area contributed by atoms with Crippen LogP contribution in [0.2, 0.25) is 0 Å². The van der Waals surface area contributed by atoms with Crippen molar-refractivity contribution < 1.29 is 18.1 Å². The number of sulfonamides is 1. The first-order valence-electron chi connectivity index (χ1n) is 9.70. The third-order valence-corrected chi connectivity index (χ3v) is 6.99. The van der Waals surface area contributed by atoms with Gasteiger partial charge < -0.3 is 10.2 Å². The standard InChI is InChI=1S/C21H27N3O3S/c1-18(25)22-20-9-11-21(12-10-20)28(26,27)24-16-14-23(15-17-24)13-5-8-19-6-3-2-4-7-19/h2-4,6-7,9-12H,5,8,13-17H2,1H3,(H,22,25)/p+1. The molecule has 0 aliphatic carbocycles. The Balaban J connectivity index is 1.49. The number of hydrogen-bond donors (Lipinski definition) is 2. The van der Waals surface area contributed by atoms with E-state index in [9.17, 15) is 13.2 Å². The number of carbonyl (C=O) groups excluding carboxylic acids is 1. The summed E-state index contributed by atoms with van der Waals surface area (Å²) in [6.07, 6.45) is 2.17. The molecule has 0 atom stereocenters. The molecule has 1 heterocycles. The van der Waals surface area contributed by atoms with Crippen LogP contribution in [0.25, 0.3) is 0 Å². The van der Waals surface area contributed by atoms with Gasteiger partial charge in [-0.2, -0.15) is 4.31 Å². The highest BCUT2D eigenvalue weighted by molar-refractivity contribution is 7.89. The summed E-state index contributed by atoms with van der Waals surface area (Å²) in [4.78, 5) is 12.8. The molecule has 7 heteroatoms. The first-order valence-corrected chi connectivity index (χ1v) is 11.1. The van der Waals surface area contributed by atoms with Crippen LogP contribution in [0.5, 0.6) is 0 Å². The molecule has 0 unspecified atom stereocenters. The van der Waals surface area contributed by atoms with Crippen molar-refractivity contribution in [3.63, 3.8) is 0 Å². The maximum absolute atomic E-state index is 12.9. The second kappa shape index (κ2) is 9.32. The molecule has 1 saturated heterocycles. The third-order valence-electron chi connectivity index (χ3n) is 5.08. The van der Waals surface area contributed by atoms with Gasteiger partial charge in [0, 0.05) is 19.0 Å². The van der Waals surface area contributed by atoms with Crippen LogP contribution in [0.1, 0.15) is 18.9 Å². The van der Waals surface area contributed by atoms with Crippen molar-refractivity contribution in [2.45, 2.75) is 24.7 Å². The van der Waals surface area contributed by atoms with Crippen LogP contribution >= 0.6 is 0 Å². The van der Waals surface area contributed by atoms with E-state index in [0.29, 0.717) is 18.8 Å². The number of carbonyl (C=O) groups is 1. The van der Waals surface area contributed by atoms with Gasteiger partial charge in [0.15, 0.2) is 0 Å². The average Bonchev–Trinajstić information content (AvgIpc) is 2.69. The highest BCUT2D eigenvalue weighted by Gasteiger charge is 2.30. The quantitative estimate of drug-likeness (QED) is 0.730. The number of amides is 1. The number of aryl methyl sites for hydroxylation is 1. The monoisotopic (exact) mass is 402 g/mol. The topological polar surface area (TPSA) is 70.9 Å². The second-order valence-corrected chi connectivity index (χ2v) is 9.14. The fraction of sp³-hybridized carbons (Fsp3) is 0.381. The van der Waals surface area contributed by atoms with E-state index in [-0.39, 0.29) is 10.8 Å². The Hall–Kier alpha value is -2.22. The van der Waals surface area contributed by atoms with Crippen LogP contribution < -0.4 is 10.2 Å². The first-order chi connectivity index (χ1) is 13.4. The van der Waals surface area contributed by atoms with Crippen molar-refractivity contribution in [2.24, 2.45) is 0 Å². The molecule has 3 rings (SSSR count). The number of quaternary nitrogens is 1. The molecule has 0 radical (unpaired) electrons. The van der Waals surface area contributed by atoms with Crippen LogP contribution in [0.3, 0.4) is 0 Å². The molecule has 1 amide bonds. The van der Waals surface area contributed by atoms with Crippen LogP contribution in [0.15, 0.2) is 59.5 Å². The molecule has 1 aliphatic rings. The summed E-state index contributed by atoms with van der Waals surface area (Å²) in [5, 5.41) is 2.65. The summed E-state index contributed by atoms with van der Waals surface area (Å²) < 4.78 is 27.3. The fourth-order valence-corrected chi connectivity index (χ4v) is 4.98. The maximum Gasteiger partial charge on any atom is 0.243 e. The van der Waals surface area contributed by atoms with Crippen LogP contribution in [-0.2, 0) is 21.2 Å². The number of benzene rings is 2. The number of nitrogens with one attached hydrogen (secondary N) is 2.